The fourth-order valence-corrected chi connectivity index (χ4v) is 3.20. The van der Waals surface area contributed by atoms with Gasteiger partial charge in [-0.2, -0.15) is 0 Å². The highest BCUT2D eigenvalue weighted by molar-refractivity contribution is 5.95. The molecule has 2 heterocycles. The van der Waals surface area contributed by atoms with Crippen LogP contribution in [0, 0.1) is 25.6 Å². The van der Waals surface area contributed by atoms with Crippen LogP contribution in [-0.2, 0) is 6.54 Å². The number of halogens is 2. The lowest BCUT2D eigenvalue weighted by atomic mass is 10.1. The van der Waals surface area contributed by atoms with Gasteiger partial charge in [0.25, 0.3) is 0 Å². The van der Waals surface area contributed by atoms with Crippen molar-refractivity contribution in [3.8, 4) is 11.3 Å². The van der Waals surface area contributed by atoms with E-state index in [1.54, 1.807) is 0 Å². The fourth-order valence-electron chi connectivity index (χ4n) is 3.20. The lowest BCUT2D eigenvalue weighted by molar-refractivity contribution is 0.628. The maximum atomic E-state index is 13.2. The van der Waals surface area contributed by atoms with Crippen molar-refractivity contribution in [2.24, 2.45) is 5.92 Å². The van der Waals surface area contributed by atoms with E-state index in [4.69, 9.17) is 0 Å². The summed E-state index contributed by atoms with van der Waals surface area (Å²) in [6, 6.07) is 8.73. The molecule has 3 aromatic rings. The van der Waals surface area contributed by atoms with Crippen LogP contribution >= 0.6 is 12.4 Å². The number of nitrogens with zero attached hydrogens (tertiary/aromatic N) is 2. The van der Waals surface area contributed by atoms with Crippen molar-refractivity contribution in [1.82, 2.24) is 9.55 Å². The first kappa shape index (κ1) is 16.0. The van der Waals surface area contributed by atoms with Crippen LogP contribution in [0.15, 0.2) is 36.5 Å². The van der Waals surface area contributed by atoms with Crippen LogP contribution in [0.5, 0.6) is 0 Å². The quantitative estimate of drug-likeness (QED) is 0.638. The molecule has 0 aliphatic heterocycles. The van der Waals surface area contributed by atoms with E-state index in [2.05, 4.69) is 29.5 Å². The summed E-state index contributed by atoms with van der Waals surface area (Å²) in [6.07, 6.45) is 4.50. The summed E-state index contributed by atoms with van der Waals surface area (Å²) in [5.74, 6) is 0.589. The van der Waals surface area contributed by atoms with E-state index in [0.29, 0.717) is 0 Å². The molecule has 0 bridgehead atoms. The molecule has 0 radical (unpaired) electrons. The predicted octanol–water partition coefficient (Wildman–Crippen LogP) is 5.29. The Bertz CT molecular complexity index is 848. The molecule has 1 fully saturated rings. The third-order valence-electron chi connectivity index (χ3n) is 4.80. The first-order chi connectivity index (χ1) is 10.6. The van der Waals surface area contributed by atoms with Crippen molar-refractivity contribution in [3.05, 3.63) is 53.6 Å². The zero-order chi connectivity index (χ0) is 15.3. The Hall–Kier alpha value is -1.87. The van der Waals surface area contributed by atoms with Gasteiger partial charge < -0.3 is 4.57 Å². The van der Waals surface area contributed by atoms with Gasteiger partial charge >= 0.3 is 0 Å². The Kier molecular flexibility index (Phi) is 4.15. The average molecular weight is 331 g/mol. The molecule has 4 rings (SSSR count). The van der Waals surface area contributed by atoms with Crippen molar-refractivity contribution in [3.63, 3.8) is 0 Å². The molecule has 2 aromatic heterocycles. The molecule has 0 spiro atoms. The number of aryl methyl sites for hydroxylation is 1. The molecule has 0 atom stereocenters. The molecule has 23 heavy (non-hydrogen) atoms. The standard InChI is InChI=1S/C19H19FN2.ClH/c1-12-13(2)22(11-14-3-4-14)19-17(12)9-10-21-18(19)15-5-7-16(20)8-6-15;/h5-10,14H,3-4,11H2,1-2H3;1H. The minimum Gasteiger partial charge on any atom is -0.343 e. The maximum Gasteiger partial charge on any atom is 0.123 e. The predicted molar refractivity (Wildman–Crippen MR) is 94.6 cm³/mol. The Morgan fingerprint density at radius 2 is 1.83 bits per heavy atom. The highest BCUT2D eigenvalue weighted by atomic mass is 35.5. The van der Waals surface area contributed by atoms with Crippen molar-refractivity contribution < 1.29 is 4.39 Å². The van der Waals surface area contributed by atoms with Crippen molar-refractivity contribution in [2.45, 2.75) is 33.2 Å². The Balaban J connectivity index is 0.00000156. The van der Waals surface area contributed by atoms with E-state index in [9.17, 15) is 4.39 Å². The van der Waals surface area contributed by atoms with Gasteiger partial charge in [-0.1, -0.05) is 0 Å². The van der Waals surface area contributed by atoms with Gasteiger partial charge in [0.1, 0.15) is 5.82 Å². The molecule has 0 N–H and O–H groups in total. The number of hydrogen-bond acceptors (Lipinski definition) is 1. The number of rotatable bonds is 3. The van der Waals surface area contributed by atoms with Crippen LogP contribution in [-0.4, -0.2) is 9.55 Å². The largest absolute Gasteiger partial charge is 0.343 e. The molecular formula is C19H20ClFN2. The molecule has 0 saturated heterocycles. The highest BCUT2D eigenvalue weighted by Crippen LogP contribution is 2.37. The molecule has 120 valence electrons. The zero-order valence-electron chi connectivity index (χ0n) is 13.3. The lowest BCUT2D eigenvalue weighted by Gasteiger charge is -2.11. The van der Waals surface area contributed by atoms with E-state index in [1.165, 1.54) is 47.1 Å². The molecule has 4 heteroatoms. The summed E-state index contributed by atoms with van der Waals surface area (Å²) < 4.78 is 15.6. The SMILES string of the molecule is Cc1c(C)n(CC2CC2)c2c(-c3ccc(F)cc3)nccc12.Cl. The summed E-state index contributed by atoms with van der Waals surface area (Å²) in [5, 5.41) is 1.26. The molecule has 0 unspecified atom stereocenters. The first-order valence-corrected chi connectivity index (χ1v) is 7.85. The van der Waals surface area contributed by atoms with Gasteiger partial charge in [-0.05, 0) is 68.5 Å². The Morgan fingerprint density at radius 3 is 2.48 bits per heavy atom. The number of benzene rings is 1. The van der Waals surface area contributed by atoms with Gasteiger partial charge in [0, 0.05) is 29.4 Å². The molecule has 1 aromatic carbocycles. The van der Waals surface area contributed by atoms with Gasteiger partial charge in [0.2, 0.25) is 0 Å². The zero-order valence-corrected chi connectivity index (χ0v) is 14.2. The van der Waals surface area contributed by atoms with Gasteiger partial charge in [-0.3, -0.25) is 4.98 Å². The summed E-state index contributed by atoms with van der Waals surface area (Å²) in [7, 11) is 0. The Labute approximate surface area is 141 Å². The third-order valence-corrected chi connectivity index (χ3v) is 4.80. The number of fused-ring (bicyclic) bond motifs is 1. The number of aromatic nitrogens is 2. The summed E-state index contributed by atoms with van der Waals surface area (Å²) in [5.41, 5.74) is 5.76. The molecular weight excluding hydrogens is 311 g/mol. The summed E-state index contributed by atoms with van der Waals surface area (Å²) in [6.45, 7) is 5.43. The normalized spacial score (nSPS) is 14.0. The van der Waals surface area contributed by atoms with Crippen LogP contribution in [0.4, 0.5) is 4.39 Å². The number of pyridine rings is 1. The van der Waals surface area contributed by atoms with Crippen LogP contribution in [0.3, 0.4) is 0 Å². The van der Waals surface area contributed by atoms with E-state index < -0.39 is 0 Å². The topological polar surface area (TPSA) is 17.8 Å². The van der Waals surface area contributed by atoms with Crippen molar-refractivity contribution >= 4 is 23.3 Å². The van der Waals surface area contributed by atoms with Crippen LogP contribution < -0.4 is 0 Å². The van der Waals surface area contributed by atoms with Crippen LogP contribution in [0.25, 0.3) is 22.2 Å². The smallest absolute Gasteiger partial charge is 0.123 e. The van der Waals surface area contributed by atoms with E-state index in [0.717, 1.165) is 23.7 Å². The second-order valence-electron chi connectivity index (χ2n) is 6.33. The van der Waals surface area contributed by atoms with Gasteiger partial charge in [0.05, 0.1) is 11.2 Å². The van der Waals surface area contributed by atoms with Crippen molar-refractivity contribution in [1.29, 1.82) is 0 Å². The molecule has 2 nitrogen and oxygen atoms in total. The van der Waals surface area contributed by atoms with Gasteiger partial charge in [0.15, 0.2) is 0 Å². The number of hydrogen-bond donors (Lipinski definition) is 0. The highest BCUT2D eigenvalue weighted by Gasteiger charge is 2.25. The van der Waals surface area contributed by atoms with E-state index in [1.807, 2.05) is 18.3 Å². The third kappa shape index (κ3) is 2.74. The van der Waals surface area contributed by atoms with Crippen LogP contribution in [0.1, 0.15) is 24.1 Å². The van der Waals surface area contributed by atoms with Gasteiger partial charge in [-0.15, -0.1) is 12.4 Å². The minimum atomic E-state index is -0.211. The monoisotopic (exact) mass is 330 g/mol. The average Bonchev–Trinajstić information content (AvgIpc) is 3.32. The van der Waals surface area contributed by atoms with E-state index >= 15 is 0 Å². The Morgan fingerprint density at radius 1 is 1.13 bits per heavy atom. The minimum absolute atomic E-state index is 0. The lowest BCUT2D eigenvalue weighted by Crippen LogP contribution is -2.03. The van der Waals surface area contributed by atoms with E-state index in [-0.39, 0.29) is 18.2 Å². The second-order valence-corrected chi connectivity index (χ2v) is 6.33. The molecule has 1 aliphatic rings. The van der Waals surface area contributed by atoms with Crippen molar-refractivity contribution in [2.75, 3.05) is 0 Å². The van der Waals surface area contributed by atoms with Gasteiger partial charge in [-0.25, -0.2) is 4.39 Å². The fraction of sp³-hybridized carbons (Fsp3) is 0.316. The summed E-state index contributed by atoms with van der Waals surface area (Å²) in [4.78, 5) is 4.61. The maximum absolute atomic E-state index is 13.2. The molecule has 0 amide bonds. The second kappa shape index (κ2) is 5.97. The first-order valence-electron chi connectivity index (χ1n) is 7.85. The molecule has 1 saturated carbocycles. The molecule has 1 aliphatic carbocycles. The van der Waals surface area contributed by atoms with Crippen LogP contribution in [0.2, 0.25) is 0 Å². The summed E-state index contributed by atoms with van der Waals surface area (Å²) >= 11 is 0.